The van der Waals surface area contributed by atoms with Gasteiger partial charge in [0.2, 0.25) is 0 Å². The summed E-state index contributed by atoms with van der Waals surface area (Å²) >= 11 is 5.99. The van der Waals surface area contributed by atoms with E-state index in [1.807, 2.05) is 6.92 Å². The molecule has 0 saturated heterocycles. The molecule has 0 atom stereocenters. The van der Waals surface area contributed by atoms with E-state index in [-0.39, 0.29) is 12.5 Å². The average molecular weight is 417 g/mol. The van der Waals surface area contributed by atoms with Crippen LogP contribution in [0.25, 0.3) is 0 Å². The number of para-hydroxylation sites is 1. The van der Waals surface area contributed by atoms with Gasteiger partial charge in [-0.05, 0) is 48.4 Å². The quantitative estimate of drug-likeness (QED) is 0.348. The molecule has 0 heterocycles. The third-order valence-corrected chi connectivity index (χ3v) is 3.85. The van der Waals surface area contributed by atoms with Gasteiger partial charge in [-0.15, -0.1) is 0 Å². The largest absolute Gasteiger partial charge is 0.484 e. The van der Waals surface area contributed by atoms with Crippen molar-refractivity contribution >= 4 is 41.2 Å². The average Bonchev–Trinajstić information content (AvgIpc) is 2.73. The van der Waals surface area contributed by atoms with Crippen molar-refractivity contribution < 1.29 is 19.1 Å². The third kappa shape index (κ3) is 7.63. The van der Waals surface area contributed by atoms with E-state index in [2.05, 4.69) is 21.2 Å². The maximum Gasteiger partial charge on any atom is 0.329 e. The van der Waals surface area contributed by atoms with Crippen LogP contribution >= 0.6 is 11.6 Å². The van der Waals surface area contributed by atoms with Crippen LogP contribution in [0.4, 0.5) is 5.69 Å². The number of hydrazone groups is 1. The number of halogens is 1. The van der Waals surface area contributed by atoms with Gasteiger partial charge in [-0.2, -0.15) is 5.10 Å². The predicted molar refractivity (Wildman–Crippen MR) is 111 cm³/mol. The highest BCUT2D eigenvalue weighted by atomic mass is 35.5. The van der Waals surface area contributed by atoms with Crippen molar-refractivity contribution in [2.45, 2.75) is 13.3 Å². The van der Waals surface area contributed by atoms with Gasteiger partial charge in [-0.3, -0.25) is 14.4 Å². The van der Waals surface area contributed by atoms with E-state index < -0.39 is 11.8 Å². The van der Waals surface area contributed by atoms with Crippen LogP contribution in [-0.4, -0.2) is 37.1 Å². The number of benzene rings is 2. The number of rotatable bonds is 8. The van der Waals surface area contributed by atoms with Gasteiger partial charge in [0, 0.05) is 6.54 Å². The Morgan fingerprint density at radius 3 is 2.48 bits per heavy atom. The van der Waals surface area contributed by atoms with Crippen LogP contribution in [0.1, 0.15) is 18.9 Å². The molecule has 0 aliphatic heterocycles. The summed E-state index contributed by atoms with van der Waals surface area (Å²) in [7, 11) is 0. The summed E-state index contributed by atoms with van der Waals surface area (Å²) in [5.41, 5.74) is 3.33. The van der Waals surface area contributed by atoms with Gasteiger partial charge in [0.15, 0.2) is 6.61 Å². The fourth-order valence-corrected chi connectivity index (χ4v) is 2.27. The van der Waals surface area contributed by atoms with Gasteiger partial charge in [0.25, 0.3) is 5.91 Å². The lowest BCUT2D eigenvalue weighted by molar-refractivity contribution is -0.139. The molecule has 0 unspecified atom stereocenters. The number of nitrogens with one attached hydrogen (secondary N) is 3. The molecular weight excluding hydrogens is 396 g/mol. The first-order valence-corrected chi connectivity index (χ1v) is 9.26. The zero-order chi connectivity index (χ0) is 21.1. The molecule has 2 aromatic rings. The van der Waals surface area contributed by atoms with Crippen LogP contribution in [0, 0.1) is 0 Å². The zero-order valence-corrected chi connectivity index (χ0v) is 16.5. The summed E-state index contributed by atoms with van der Waals surface area (Å²) in [6, 6.07) is 13.6. The summed E-state index contributed by atoms with van der Waals surface area (Å²) in [6.07, 6.45) is 2.12. The Kier molecular flexibility index (Phi) is 8.65. The maximum absolute atomic E-state index is 11.9. The second-order valence-corrected chi connectivity index (χ2v) is 6.25. The van der Waals surface area contributed by atoms with E-state index in [1.54, 1.807) is 48.5 Å². The minimum Gasteiger partial charge on any atom is -0.484 e. The minimum absolute atomic E-state index is 0.179. The molecule has 0 aliphatic carbocycles. The first kappa shape index (κ1) is 21.9. The number of nitrogens with zero attached hydrogens (tertiary/aromatic N) is 1. The molecule has 9 heteroatoms. The molecule has 0 saturated carbocycles. The summed E-state index contributed by atoms with van der Waals surface area (Å²) in [5, 5.41) is 9.28. The Morgan fingerprint density at radius 2 is 1.79 bits per heavy atom. The molecular formula is C20H21ClN4O4. The van der Waals surface area contributed by atoms with E-state index in [9.17, 15) is 14.4 Å². The van der Waals surface area contributed by atoms with Crippen LogP contribution in [0.15, 0.2) is 53.6 Å². The van der Waals surface area contributed by atoms with Gasteiger partial charge >= 0.3 is 11.8 Å². The maximum atomic E-state index is 11.9. The molecule has 0 radical (unpaired) electrons. The van der Waals surface area contributed by atoms with Gasteiger partial charge in [0.1, 0.15) is 5.75 Å². The lowest BCUT2D eigenvalue weighted by Crippen LogP contribution is -2.38. The first-order chi connectivity index (χ1) is 14.0. The summed E-state index contributed by atoms with van der Waals surface area (Å²) in [6.45, 7) is 2.13. The Balaban J connectivity index is 1.78. The second-order valence-electron chi connectivity index (χ2n) is 5.84. The van der Waals surface area contributed by atoms with Crippen molar-refractivity contribution in [1.82, 2.24) is 10.7 Å². The third-order valence-electron chi connectivity index (χ3n) is 3.52. The van der Waals surface area contributed by atoms with Crippen molar-refractivity contribution in [2.75, 3.05) is 18.5 Å². The molecule has 3 amide bonds. The topological polar surface area (TPSA) is 109 Å². The highest BCUT2D eigenvalue weighted by Gasteiger charge is 2.10. The fourth-order valence-electron chi connectivity index (χ4n) is 2.08. The minimum atomic E-state index is -0.834. The Morgan fingerprint density at radius 1 is 1.07 bits per heavy atom. The zero-order valence-electron chi connectivity index (χ0n) is 15.8. The lowest BCUT2D eigenvalue weighted by atomic mass is 10.2. The summed E-state index contributed by atoms with van der Waals surface area (Å²) in [5.74, 6) is -1.42. The number of amides is 3. The molecule has 0 aliphatic rings. The smallest absolute Gasteiger partial charge is 0.329 e. The molecule has 2 aromatic carbocycles. The molecule has 0 bridgehead atoms. The highest BCUT2D eigenvalue weighted by molar-refractivity contribution is 6.35. The number of hydrogen-bond acceptors (Lipinski definition) is 5. The van der Waals surface area contributed by atoms with Crippen molar-refractivity contribution in [2.24, 2.45) is 5.10 Å². The van der Waals surface area contributed by atoms with Crippen LogP contribution in [-0.2, 0) is 14.4 Å². The van der Waals surface area contributed by atoms with E-state index in [4.69, 9.17) is 16.3 Å². The van der Waals surface area contributed by atoms with Crippen molar-refractivity contribution in [1.29, 1.82) is 0 Å². The van der Waals surface area contributed by atoms with Crippen LogP contribution in [0.3, 0.4) is 0 Å². The number of anilines is 1. The predicted octanol–water partition coefficient (Wildman–Crippen LogP) is 2.33. The molecule has 0 spiro atoms. The van der Waals surface area contributed by atoms with Crippen LogP contribution < -0.4 is 20.8 Å². The van der Waals surface area contributed by atoms with E-state index in [0.717, 1.165) is 6.42 Å². The number of ether oxygens (including phenoxy) is 1. The molecule has 0 aromatic heterocycles. The van der Waals surface area contributed by atoms with Crippen molar-refractivity contribution in [3.05, 3.63) is 59.1 Å². The number of carbonyl (C=O) groups excluding carboxylic acids is 3. The van der Waals surface area contributed by atoms with Gasteiger partial charge in [-0.25, -0.2) is 5.43 Å². The van der Waals surface area contributed by atoms with Crippen LogP contribution in [0.5, 0.6) is 5.75 Å². The molecule has 2 rings (SSSR count). The Bertz CT molecular complexity index is 884. The number of hydrogen-bond donors (Lipinski definition) is 3. The number of carbonyl (C=O) groups is 3. The van der Waals surface area contributed by atoms with Crippen LogP contribution in [0.2, 0.25) is 5.02 Å². The van der Waals surface area contributed by atoms with E-state index in [0.29, 0.717) is 28.6 Å². The van der Waals surface area contributed by atoms with Gasteiger partial charge in [-0.1, -0.05) is 30.7 Å². The molecule has 0 fully saturated rings. The Labute approximate surface area is 173 Å². The summed E-state index contributed by atoms with van der Waals surface area (Å²) in [4.78, 5) is 34.8. The SMILES string of the molecule is CCCNC(=O)C(=O)N/N=C\c1ccc(OCC(=O)Nc2ccccc2Cl)cc1. The lowest BCUT2D eigenvalue weighted by Gasteiger charge is -2.08. The molecule has 152 valence electrons. The second kappa shape index (κ2) is 11.5. The molecule has 29 heavy (non-hydrogen) atoms. The normalized spacial score (nSPS) is 10.4. The Hall–Kier alpha value is -3.39. The first-order valence-electron chi connectivity index (χ1n) is 8.88. The van der Waals surface area contributed by atoms with Crippen molar-refractivity contribution in [3.63, 3.8) is 0 Å². The molecule has 8 nitrogen and oxygen atoms in total. The summed E-state index contributed by atoms with van der Waals surface area (Å²) < 4.78 is 5.42. The molecule has 3 N–H and O–H groups in total. The van der Waals surface area contributed by atoms with E-state index >= 15 is 0 Å². The monoisotopic (exact) mass is 416 g/mol. The standard InChI is InChI=1S/C20H21ClN4O4/c1-2-11-22-19(27)20(28)25-23-12-14-7-9-15(10-8-14)29-13-18(26)24-17-6-4-3-5-16(17)21/h3-10,12H,2,11,13H2,1H3,(H,22,27)(H,24,26)(H,25,28)/b23-12-. The highest BCUT2D eigenvalue weighted by Crippen LogP contribution is 2.20. The van der Waals surface area contributed by atoms with Gasteiger partial charge in [0.05, 0.1) is 16.9 Å². The fraction of sp³-hybridized carbons (Fsp3) is 0.200. The van der Waals surface area contributed by atoms with Gasteiger partial charge < -0.3 is 15.4 Å². The van der Waals surface area contributed by atoms with E-state index in [1.165, 1.54) is 6.21 Å². The van der Waals surface area contributed by atoms with Crippen molar-refractivity contribution in [3.8, 4) is 5.75 Å².